The van der Waals surface area contributed by atoms with Gasteiger partial charge in [-0.1, -0.05) is 25.8 Å². The van der Waals surface area contributed by atoms with Crippen molar-refractivity contribution < 1.29 is 24.2 Å². The molecule has 0 bridgehead atoms. The van der Waals surface area contributed by atoms with Crippen LogP contribution in [0.25, 0.3) is 0 Å². The van der Waals surface area contributed by atoms with E-state index in [1.807, 2.05) is 6.92 Å². The molecule has 0 saturated heterocycles. The Morgan fingerprint density at radius 3 is 2.62 bits per heavy atom. The highest BCUT2D eigenvalue weighted by molar-refractivity contribution is 6.01. The van der Waals surface area contributed by atoms with Crippen molar-refractivity contribution in [2.75, 3.05) is 18.5 Å². The molecule has 0 aliphatic rings. The number of carbonyl (C=O) groups excluding carboxylic acids is 2. The van der Waals surface area contributed by atoms with Crippen LogP contribution in [0.4, 0.5) is 10.5 Å². The molecule has 0 aliphatic carbocycles. The lowest BCUT2D eigenvalue weighted by Gasteiger charge is -2.12. The summed E-state index contributed by atoms with van der Waals surface area (Å²) >= 11 is 0. The third-order valence-electron chi connectivity index (χ3n) is 2.75. The molecule has 0 atom stereocenters. The summed E-state index contributed by atoms with van der Waals surface area (Å²) in [6, 6.07) is 4.33. The van der Waals surface area contributed by atoms with Gasteiger partial charge in [0.2, 0.25) is 0 Å². The van der Waals surface area contributed by atoms with E-state index >= 15 is 0 Å². The highest BCUT2D eigenvalue weighted by Crippen LogP contribution is 2.28. The van der Waals surface area contributed by atoms with E-state index in [1.54, 1.807) is 6.92 Å². The van der Waals surface area contributed by atoms with E-state index in [-0.39, 0.29) is 23.6 Å². The van der Waals surface area contributed by atoms with E-state index in [4.69, 9.17) is 9.47 Å². The number of hydrogen-bond donors (Lipinski definition) is 2. The van der Waals surface area contributed by atoms with Gasteiger partial charge in [0.05, 0.1) is 18.8 Å². The van der Waals surface area contributed by atoms with Crippen molar-refractivity contribution in [2.24, 2.45) is 0 Å². The number of amides is 1. The Bertz CT molecular complexity index is 487. The number of para-hydroxylation sites is 1. The number of esters is 1. The number of ether oxygens (including phenoxy) is 2. The summed E-state index contributed by atoms with van der Waals surface area (Å²) in [4.78, 5) is 23.4. The minimum Gasteiger partial charge on any atom is -0.506 e. The van der Waals surface area contributed by atoms with Crippen LogP contribution in [-0.4, -0.2) is 30.4 Å². The Hall–Kier alpha value is -2.24. The van der Waals surface area contributed by atoms with Gasteiger partial charge in [-0.3, -0.25) is 5.32 Å². The van der Waals surface area contributed by atoms with E-state index in [1.165, 1.54) is 18.2 Å². The second kappa shape index (κ2) is 8.84. The van der Waals surface area contributed by atoms with Gasteiger partial charge in [0, 0.05) is 0 Å². The number of anilines is 1. The van der Waals surface area contributed by atoms with E-state index in [0.717, 1.165) is 19.3 Å². The molecule has 2 N–H and O–H groups in total. The van der Waals surface area contributed by atoms with Gasteiger partial charge in [0.25, 0.3) is 0 Å². The fourth-order valence-electron chi connectivity index (χ4n) is 1.71. The van der Waals surface area contributed by atoms with E-state index in [0.29, 0.717) is 6.61 Å². The molecule has 0 radical (unpaired) electrons. The van der Waals surface area contributed by atoms with Crippen LogP contribution in [0.3, 0.4) is 0 Å². The molecule has 0 heterocycles. The fourth-order valence-corrected chi connectivity index (χ4v) is 1.71. The molecule has 21 heavy (non-hydrogen) atoms. The Kier molecular flexibility index (Phi) is 7.08. The van der Waals surface area contributed by atoms with Crippen LogP contribution in [0, 0.1) is 0 Å². The van der Waals surface area contributed by atoms with Gasteiger partial charge in [0.15, 0.2) is 0 Å². The van der Waals surface area contributed by atoms with Gasteiger partial charge >= 0.3 is 12.1 Å². The normalized spacial score (nSPS) is 10.0. The summed E-state index contributed by atoms with van der Waals surface area (Å²) in [6.45, 7) is 4.22. The maximum absolute atomic E-state index is 11.8. The van der Waals surface area contributed by atoms with Crippen LogP contribution in [0.15, 0.2) is 18.2 Å². The average molecular weight is 295 g/mol. The van der Waals surface area contributed by atoms with Crippen molar-refractivity contribution in [2.45, 2.75) is 33.1 Å². The van der Waals surface area contributed by atoms with Gasteiger partial charge in [-0.15, -0.1) is 0 Å². The first-order valence-corrected chi connectivity index (χ1v) is 7.03. The number of rotatable bonds is 7. The van der Waals surface area contributed by atoms with Gasteiger partial charge in [-0.25, -0.2) is 9.59 Å². The van der Waals surface area contributed by atoms with Gasteiger partial charge < -0.3 is 14.6 Å². The highest BCUT2D eigenvalue weighted by atomic mass is 16.5. The summed E-state index contributed by atoms with van der Waals surface area (Å²) in [7, 11) is 0. The predicted molar refractivity (Wildman–Crippen MR) is 78.6 cm³/mol. The van der Waals surface area contributed by atoms with Crippen LogP contribution < -0.4 is 5.32 Å². The van der Waals surface area contributed by atoms with Crippen LogP contribution >= 0.6 is 0 Å². The zero-order chi connectivity index (χ0) is 15.7. The first kappa shape index (κ1) is 16.8. The van der Waals surface area contributed by atoms with Gasteiger partial charge in [0.1, 0.15) is 11.4 Å². The second-order valence-corrected chi connectivity index (χ2v) is 4.39. The lowest BCUT2D eigenvalue weighted by Crippen LogP contribution is -2.17. The molecule has 0 saturated carbocycles. The van der Waals surface area contributed by atoms with Crippen molar-refractivity contribution >= 4 is 17.7 Å². The number of unbranched alkanes of at least 4 members (excludes halogenated alkanes) is 2. The Labute approximate surface area is 124 Å². The number of benzene rings is 1. The minimum absolute atomic E-state index is 0.00329. The molecular formula is C15H21NO5. The monoisotopic (exact) mass is 295 g/mol. The van der Waals surface area contributed by atoms with E-state index < -0.39 is 12.1 Å². The first-order chi connectivity index (χ1) is 10.1. The lowest BCUT2D eigenvalue weighted by molar-refractivity contribution is 0.0527. The zero-order valence-electron chi connectivity index (χ0n) is 12.3. The average Bonchev–Trinajstić information content (AvgIpc) is 2.46. The molecule has 6 nitrogen and oxygen atoms in total. The van der Waals surface area contributed by atoms with Gasteiger partial charge in [-0.2, -0.15) is 0 Å². The summed E-state index contributed by atoms with van der Waals surface area (Å²) in [5, 5.41) is 12.2. The summed E-state index contributed by atoms with van der Waals surface area (Å²) in [6.07, 6.45) is 2.06. The molecule has 1 rings (SSSR count). The third kappa shape index (κ3) is 5.33. The number of nitrogens with one attached hydrogen (secondary N) is 1. The largest absolute Gasteiger partial charge is 0.506 e. The molecular weight excluding hydrogens is 274 g/mol. The zero-order valence-corrected chi connectivity index (χ0v) is 12.3. The van der Waals surface area contributed by atoms with Crippen molar-refractivity contribution in [1.29, 1.82) is 0 Å². The molecule has 116 valence electrons. The molecule has 6 heteroatoms. The maximum atomic E-state index is 11.8. The predicted octanol–water partition coefficient (Wildman–Crippen LogP) is 3.31. The summed E-state index contributed by atoms with van der Waals surface area (Å²) in [5.74, 6) is -0.833. The minimum atomic E-state index is -0.710. The fraction of sp³-hybridized carbons (Fsp3) is 0.467. The molecule has 0 spiro atoms. The molecule has 0 fully saturated rings. The quantitative estimate of drug-likeness (QED) is 0.458. The van der Waals surface area contributed by atoms with Crippen LogP contribution in [-0.2, 0) is 9.47 Å². The third-order valence-corrected chi connectivity index (χ3v) is 2.75. The molecule has 0 aromatic heterocycles. The van der Waals surface area contributed by atoms with Crippen molar-refractivity contribution in [1.82, 2.24) is 0 Å². The van der Waals surface area contributed by atoms with Crippen LogP contribution in [0.5, 0.6) is 5.75 Å². The van der Waals surface area contributed by atoms with Crippen LogP contribution in [0.1, 0.15) is 43.5 Å². The van der Waals surface area contributed by atoms with Crippen molar-refractivity contribution in [3.8, 4) is 5.75 Å². The Morgan fingerprint density at radius 2 is 1.95 bits per heavy atom. The van der Waals surface area contributed by atoms with Crippen LogP contribution in [0.2, 0.25) is 0 Å². The Balaban J connectivity index is 2.73. The SMILES string of the molecule is CCCCCOC(=O)Nc1c(O)cccc1C(=O)OCC. The standard InChI is InChI=1S/C15H21NO5/c1-3-5-6-10-21-15(19)16-13-11(14(18)20-4-2)8-7-9-12(13)17/h7-9,17H,3-6,10H2,1-2H3,(H,16,19). The summed E-state index contributed by atoms with van der Waals surface area (Å²) in [5.41, 5.74) is 0.0822. The van der Waals surface area contributed by atoms with Crippen molar-refractivity contribution in [3.05, 3.63) is 23.8 Å². The van der Waals surface area contributed by atoms with Gasteiger partial charge in [-0.05, 0) is 25.5 Å². The molecule has 1 aromatic carbocycles. The second-order valence-electron chi connectivity index (χ2n) is 4.39. The topological polar surface area (TPSA) is 84.9 Å². The molecule has 1 aromatic rings. The maximum Gasteiger partial charge on any atom is 0.411 e. The van der Waals surface area contributed by atoms with Crippen molar-refractivity contribution in [3.63, 3.8) is 0 Å². The summed E-state index contributed by atoms with van der Waals surface area (Å²) < 4.78 is 9.86. The van der Waals surface area contributed by atoms with E-state index in [2.05, 4.69) is 5.32 Å². The number of carbonyl (C=O) groups is 2. The molecule has 1 amide bonds. The number of phenolic OH excluding ortho intramolecular Hbond substituents is 1. The highest BCUT2D eigenvalue weighted by Gasteiger charge is 2.18. The molecule has 0 aliphatic heterocycles. The van der Waals surface area contributed by atoms with E-state index in [9.17, 15) is 14.7 Å². The smallest absolute Gasteiger partial charge is 0.411 e. The number of hydrogen-bond acceptors (Lipinski definition) is 5. The number of aromatic hydroxyl groups is 1. The molecule has 0 unspecified atom stereocenters. The number of phenols is 1. The Morgan fingerprint density at radius 1 is 1.19 bits per heavy atom. The lowest BCUT2D eigenvalue weighted by atomic mass is 10.1. The first-order valence-electron chi connectivity index (χ1n) is 7.03.